The summed E-state index contributed by atoms with van der Waals surface area (Å²) in [5.41, 5.74) is 0.837. The number of carboxylic acid groups (broad SMARTS) is 1. The third kappa shape index (κ3) is 4.04. The topological polar surface area (TPSA) is 56.7 Å². The molecule has 5 nitrogen and oxygen atoms in total. The second-order valence-electron chi connectivity index (χ2n) is 5.39. The van der Waals surface area contributed by atoms with Crippen molar-refractivity contribution < 1.29 is 9.90 Å². The van der Waals surface area contributed by atoms with E-state index in [1.165, 1.54) is 19.4 Å². The van der Waals surface area contributed by atoms with Crippen LogP contribution in [0.5, 0.6) is 0 Å². The van der Waals surface area contributed by atoms with Crippen molar-refractivity contribution in [2.24, 2.45) is 0 Å². The Kier molecular flexibility index (Phi) is 5.33. The zero-order valence-electron chi connectivity index (χ0n) is 12.7. The van der Waals surface area contributed by atoms with Crippen LogP contribution >= 0.6 is 0 Å². The van der Waals surface area contributed by atoms with Crippen molar-refractivity contribution in [1.29, 1.82) is 0 Å². The van der Waals surface area contributed by atoms with Crippen LogP contribution in [0.1, 0.15) is 25.3 Å². The molecule has 0 amide bonds. The highest BCUT2D eigenvalue weighted by Crippen LogP contribution is 2.22. The van der Waals surface area contributed by atoms with Gasteiger partial charge in [0.15, 0.2) is 0 Å². The van der Waals surface area contributed by atoms with E-state index in [4.69, 9.17) is 5.11 Å². The number of hydrogen-bond acceptors (Lipinski definition) is 4. The van der Waals surface area contributed by atoms with Gasteiger partial charge in [-0.15, -0.1) is 0 Å². The molecular weight excluding hydrogens is 266 g/mol. The summed E-state index contributed by atoms with van der Waals surface area (Å²) in [4.78, 5) is 19.7. The fraction of sp³-hybridized carbons (Fsp3) is 0.500. The van der Waals surface area contributed by atoms with Crippen LogP contribution < -0.4 is 4.90 Å². The molecule has 0 spiro atoms. The van der Waals surface area contributed by atoms with E-state index in [-0.39, 0.29) is 0 Å². The number of aliphatic carboxylic acids is 1. The average molecular weight is 289 g/mol. The number of rotatable bonds is 6. The van der Waals surface area contributed by atoms with Crippen molar-refractivity contribution >= 4 is 17.9 Å². The normalized spacial score (nSPS) is 19.2. The van der Waals surface area contributed by atoms with E-state index in [0.717, 1.165) is 30.5 Å². The molecule has 1 saturated heterocycles. The summed E-state index contributed by atoms with van der Waals surface area (Å²) in [6.45, 7) is 5.36. The zero-order chi connectivity index (χ0) is 15.2. The minimum atomic E-state index is -0.944. The number of likely N-dealkylation sites (N-methyl/N-ethyl adjacent to an activating group) is 2. The highest BCUT2D eigenvalue weighted by atomic mass is 16.4. The second-order valence-corrected chi connectivity index (χ2v) is 5.39. The predicted molar refractivity (Wildman–Crippen MR) is 84.4 cm³/mol. The lowest BCUT2D eigenvalue weighted by molar-refractivity contribution is -0.131. The number of carbonyl (C=O) groups is 1. The molecule has 0 saturated carbocycles. The maximum Gasteiger partial charge on any atom is 0.328 e. The zero-order valence-corrected chi connectivity index (χ0v) is 12.7. The average Bonchev–Trinajstić information content (AvgIpc) is 2.92. The third-order valence-electron chi connectivity index (χ3n) is 3.97. The van der Waals surface area contributed by atoms with Gasteiger partial charge in [-0.25, -0.2) is 9.78 Å². The van der Waals surface area contributed by atoms with Gasteiger partial charge in [-0.1, -0.05) is 6.92 Å². The number of anilines is 1. The van der Waals surface area contributed by atoms with Crippen LogP contribution in [0.25, 0.3) is 6.08 Å². The van der Waals surface area contributed by atoms with Crippen molar-refractivity contribution in [2.45, 2.75) is 25.8 Å². The summed E-state index contributed by atoms with van der Waals surface area (Å²) in [6.07, 6.45) is 6.97. The van der Waals surface area contributed by atoms with Crippen LogP contribution in [0.15, 0.2) is 24.4 Å². The third-order valence-corrected chi connectivity index (χ3v) is 3.97. The Bertz CT molecular complexity index is 516. The monoisotopic (exact) mass is 289 g/mol. The molecule has 1 aromatic rings. The fourth-order valence-electron chi connectivity index (χ4n) is 2.94. The lowest BCUT2D eigenvalue weighted by Crippen LogP contribution is -2.39. The number of likely N-dealkylation sites (tertiary alicyclic amines) is 1. The highest BCUT2D eigenvalue weighted by Gasteiger charge is 2.24. The minimum absolute atomic E-state index is 0.554. The molecule has 1 aromatic heterocycles. The maximum absolute atomic E-state index is 10.7. The largest absolute Gasteiger partial charge is 0.478 e. The molecule has 5 heteroatoms. The summed E-state index contributed by atoms with van der Waals surface area (Å²) >= 11 is 0. The molecule has 1 aliphatic rings. The van der Waals surface area contributed by atoms with E-state index in [9.17, 15) is 4.79 Å². The number of aromatic nitrogens is 1. The Balaban J connectivity index is 2.11. The summed E-state index contributed by atoms with van der Waals surface area (Å²) in [5, 5.41) is 8.77. The minimum Gasteiger partial charge on any atom is -0.478 e. The maximum atomic E-state index is 10.7. The summed E-state index contributed by atoms with van der Waals surface area (Å²) < 4.78 is 0. The van der Waals surface area contributed by atoms with E-state index in [1.807, 2.05) is 19.2 Å². The van der Waals surface area contributed by atoms with Gasteiger partial charge in [0.25, 0.3) is 0 Å². The molecule has 21 heavy (non-hydrogen) atoms. The van der Waals surface area contributed by atoms with Gasteiger partial charge in [0.2, 0.25) is 0 Å². The van der Waals surface area contributed by atoms with Gasteiger partial charge < -0.3 is 10.0 Å². The van der Waals surface area contributed by atoms with Crippen LogP contribution in [-0.4, -0.2) is 53.7 Å². The van der Waals surface area contributed by atoms with Crippen molar-refractivity contribution in [3.63, 3.8) is 0 Å². The standard InChI is InChI=1S/C16H23N3O2/c1-3-19-11-5-7-14(19)12-18(2)16-13(6-4-10-17-16)8-9-15(20)21/h4,6,8-10,14H,3,5,7,11-12H2,1-2H3,(H,20,21)/b9-8+. The SMILES string of the molecule is CCN1CCCC1CN(C)c1ncccc1/C=C/C(=O)O. The Labute approximate surface area is 125 Å². The molecule has 1 unspecified atom stereocenters. The predicted octanol–water partition coefficient (Wildman–Crippen LogP) is 2.10. The quantitative estimate of drug-likeness (QED) is 0.813. The molecule has 114 valence electrons. The highest BCUT2D eigenvalue weighted by molar-refractivity contribution is 5.86. The van der Waals surface area contributed by atoms with Crippen LogP contribution in [0.2, 0.25) is 0 Å². The first-order chi connectivity index (χ1) is 10.1. The van der Waals surface area contributed by atoms with Crippen LogP contribution in [0, 0.1) is 0 Å². The van der Waals surface area contributed by atoms with Gasteiger partial charge in [-0.05, 0) is 44.1 Å². The van der Waals surface area contributed by atoms with Gasteiger partial charge in [0.05, 0.1) is 0 Å². The van der Waals surface area contributed by atoms with Gasteiger partial charge in [-0.2, -0.15) is 0 Å². The molecule has 2 heterocycles. The van der Waals surface area contributed by atoms with E-state index < -0.39 is 5.97 Å². The molecule has 0 bridgehead atoms. The molecular formula is C16H23N3O2. The number of carboxylic acids is 1. The first-order valence-corrected chi connectivity index (χ1v) is 7.43. The van der Waals surface area contributed by atoms with Gasteiger partial charge >= 0.3 is 5.97 Å². The van der Waals surface area contributed by atoms with Crippen LogP contribution in [0.4, 0.5) is 5.82 Å². The molecule has 1 fully saturated rings. The van der Waals surface area contributed by atoms with Crippen molar-refractivity contribution in [3.05, 3.63) is 30.0 Å². The van der Waals surface area contributed by atoms with Gasteiger partial charge in [0, 0.05) is 37.5 Å². The molecule has 2 rings (SSSR count). The van der Waals surface area contributed by atoms with E-state index >= 15 is 0 Å². The Morgan fingerprint density at radius 1 is 1.62 bits per heavy atom. The van der Waals surface area contributed by atoms with E-state index in [2.05, 4.69) is 21.7 Å². The number of hydrogen-bond donors (Lipinski definition) is 1. The van der Waals surface area contributed by atoms with Crippen molar-refractivity contribution in [3.8, 4) is 0 Å². The van der Waals surface area contributed by atoms with E-state index in [0.29, 0.717) is 6.04 Å². The van der Waals surface area contributed by atoms with Gasteiger partial charge in [0.1, 0.15) is 5.82 Å². The lowest BCUT2D eigenvalue weighted by atomic mass is 10.2. The second kappa shape index (κ2) is 7.22. The molecule has 0 aliphatic carbocycles. The number of pyridine rings is 1. The smallest absolute Gasteiger partial charge is 0.328 e. The van der Waals surface area contributed by atoms with Crippen molar-refractivity contribution in [2.75, 3.05) is 31.6 Å². The first-order valence-electron chi connectivity index (χ1n) is 7.43. The lowest BCUT2D eigenvalue weighted by Gasteiger charge is -2.29. The van der Waals surface area contributed by atoms with Crippen LogP contribution in [0.3, 0.4) is 0 Å². The van der Waals surface area contributed by atoms with Gasteiger partial charge in [-0.3, -0.25) is 4.90 Å². The molecule has 1 atom stereocenters. The van der Waals surface area contributed by atoms with E-state index in [1.54, 1.807) is 12.3 Å². The fourth-order valence-corrected chi connectivity index (χ4v) is 2.94. The Morgan fingerprint density at radius 2 is 2.43 bits per heavy atom. The molecule has 0 aromatic carbocycles. The summed E-state index contributed by atoms with van der Waals surface area (Å²) in [5.74, 6) is -0.113. The van der Waals surface area contributed by atoms with Crippen molar-refractivity contribution in [1.82, 2.24) is 9.88 Å². The van der Waals surface area contributed by atoms with Crippen LogP contribution in [-0.2, 0) is 4.79 Å². The Morgan fingerprint density at radius 3 is 3.14 bits per heavy atom. The molecule has 1 N–H and O–H groups in total. The first kappa shape index (κ1) is 15.5. The summed E-state index contributed by atoms with van der Waals surface area (Å²) in [7, 11) is 2.02. The molecule has 1 aliphatic heterocycles. The summed E-state index contributed by atoms with van der Waals surface area (Å²) in [6, 6.07) is 4.27. The molecule has 0 radical (unpaired) electrons. The Hall–Kier alpha value is -1.88. The number of nitrogens with zero attached hydrogens (tertiary/aromatic N) is 3.